The average Bonchev–Trinajstić information content (AvgIpc) is 3.19. The van der Waals surface area contributed by atoms with Gasteiger partial charge in [0, 0.05) is 60.0 Å². The average molecular weight is 512 g/mol. The van der Waals surface area contributed by atoms with Crippen molar-refractivity contribution in [2.45, 2.75) is 58.2 Å². The molecule has 0 radical (unpaired) electrons. The van der Waals surface area contributed by atoms with Gasteiger partial charge in [0.05, 0.1) is 12.0 Å². The van der Waals surface area contributed by atoms with Crippen LogP contribution >= 0.6 is 0 Å². The second kappa shape index (κ2) is 10.4. The van der Waals surface area contributed by atoms with E-state index in [1.807, 2.05) is 36.1 Å². The molecule has 1 saturated heterocycles. The number of carboxylic acids is 1. The van der Waals surface area contributed by atoms with E-state index in [0.29, 0.717) is 12.1 Å². The zero-order valence-electron chi connectivity index (χ0n) is 21.6. The standard InChI is InChI=1S/C29H35F2N3O3/c1-4-5-10-33-15-20(16-33)37-19-12-23(30)26(24(31)13-19)28-27-22(21-8-6-7-9-25(21)32-27)11-18(3)34(28)14-17(2)29(35)36/h6-9,12-13,17-18,20,28,32H,4-5,10-11,14-16H2,1-3H3,(H,35,36)/t17-,18+,28+/m0/s1. The Bertz CT molecular complexity index is 1260. The van der Waals surface area contributed by atoms with Crippen LogP contribution in [0.1, 0.15) is 56.5 Å². The molecule has 0 aliphatic carbocycles. The third-order valence-corrected chi connectivity index (χ3v) is 7.80. The highest BCUT2D eigenvalue weighted by Crippen LogP contribution is 2.43. The predicted octanol–water partition coefficient (Wildman–Crippen LogP) is 5.37. The van der Waals surface area contributed by atoms with Crippen LogP contribution in [0.25, 0.3) is 10.9 Å². The topological polar surface area (TPSA) is 68.8 Å². The van der Waals surface area contributed by atoms with Crippen molar-refractivity contribution < 1.29 is 23.4 Å². The molecule has 2 N–H and O–H groups in total. The molecule has 6 nitrogen and oxygen atoms in total. The molecule has 0 bridgehead atoms. The zero-order chi connectivity index (χ0) is 26.3. The number of halogens is 2. The SMILES string of the molecule is CCCCN1CC(Oc2cc(F)c([C@@H]3c4[nH]c5ccccc5c4C[C@@H](C)N3C[C@H](C)C(=O)O)c(F)c2)C1. The van der Waals surface area contributed by atoms with Crippen LogP contribution in [0.3, 0.4) is 0 Å². The zero-order valence-corrected chi connectivity index (χ0v) is 21.6. The molecule has 0 saturated carbocycles. The van der Waals surface area contributed by atoms with Crippen molar-refractivity contribution >= 4 is 16.9 Å². The van der Waals surface area contributed by atoms with Gasteiger partial charge in [-0.05, 0) is 37.9 Å². The molecule has 2 aliphatic heterocycles. The van der Waals surface area contributed by atoms with Gasteiger partial charge in [-0.15, -0.1) is 0 Å². The number of likely N-dealkylation sites (tertiary alicyclic amines) is 1. The van der Waals surface area contributed by atoms with E-state index in [1.54, 1.807) is 6.92 Å². The lowest BCUT2D eigenvalue weighted by molar-refractivity contribution is -0.142. The van der Waals surface area contributed by atoms with Crippen LogP contribution in [0, 0.1) is 17.6 Å². The number of unbranched alkanes of at least 4 members (excludes halogenated alkanes) is 1. The number of rotatable bonds is 9. The summed E-state index contributed by atoms with van der Waals surface area (Å²) in [5.74, 6) is -2.82. The molecular formula is C29H35F2N3O3. The maximum Gasteiger partial charge on any atom is 0.307 e. The second-order valence-electron chi connectivity index (χ2n) is 10.6. The summed E-state index contributed by atoms with van der Waals surface area (Å²) < 4.78 is 37.4. The van der Waals surface area contributed by atoms with Crippen LogP contribution in [0.5, 0.6) is 5.75 Å². The van der Waals surface area contributed by atoms with Crippen molar-refractivity contribution in [1.29, 1.82) is 0 Å². The maximum absolute atomic E-state index is 15.8. The van der Waals surface area contributed by atoms with E-state index in [-0.39, 0.29) is 30.0 Å². The summed E-state index contributed by atoms with van der Waals surface area (Å²) in [6.45, 7) is 8.45. The Morgan fingerprint density at radius 3 is 2.59 bits per heavy atom. The molecule has 0 unspecified atom stereocenters. The van der Waals surface area contributed by atoms with Gasteiger partial charge in [-0.3, -0.25) is 14.6 Å². The van der Waals surface area contributed by atoms with E-state index in [1.165, 1.54) is 12.1 Å². The smallest absolute Gasteiger partial charge is 0.307 e. The molecule has 37 heavy (non-hydrogen) atoms. The fraction of sp³-hybridized carbons (Fsp3) is 0.483. The fourth-order valence-corrected chi connectivity index (χ4v) is 5.74. The number of H-pyrrole nitrogens is 1. The van der Waals surface area contributed by atoms with E-state index in [2.05, 4.69) is 16.8 Å². The molecule has 0 spiro atoms. The van der Waals surface area contributed by atoms with Gasteiger partial charge in [-0.1, -0.05) is 38.5 Å². The molecular weight excluding hydrogens is 476 g/mol. The van der Waals surface area contributed by atoms with Crippen LogP contribution in [-0.2, 0) is 11.2 Å². The number of ether oxygens (including phenoxy) is 1. The van der Waals surface area contributed by atoms with E-state index >= 15 is 8.78 Å². The fourth-order valence-electron chi connectivity index (χ4n) is 5.74. The molecule has 3 atom stereocenters. The summed E-state index contributed by atoms with van der Waals surface area (Å²) in [4.78, 5) is 19.3. The highest BCUT2D eigenvalue weighted by molar-refractivity contribution is 5.85. The van der Waals surface area contributed by atoms with E-state index < -0.39 is 29.6 Å². The molecule has 5 rings (SSSR count). The van der Waals surface area contributed by atoms with Gasteiger partial charge in [0.1, 0.15) is 23.5 Å². The molecule has 2 aliphatic rings. The van der Waals surface area contributed by atoms with Crippen molar-refractivity contribution in [1.82, 2.24) is 14.8 Å². The Labute approximate surface area is 216 Å². The van der Waals surface area contributed by atoms with Crippen LogP contribution in [-0.4, -0.2) is 64.2 Å². The Balaban J connectivity index is 1.49. The summed E-state index contributed by atoms with van der Waals surface area (Å²) in [7, 11) is 0. The number of fused-ring (bicyclic) bond motifs is 3. The number of hydrogen-bond donors (Lipinski definition) is 2. The van der Waals surface area contributed by atoms with Crippen LogP contribution < -0.4 is 4.74 Å². The van der Waals surface area contributed by atoms with Crippen molar-refractivity contribution in [3.63, 3.8) is 0 Å². The molecule has 8 heteroatoms. The largest absolute Gasteiger partial charge is 0.488 e. The second-order valence-corrected chi connectivity index (χ2v) is 10.6. The predicted molar refractivity (Wildman–Crippen MR) is 139 cm³/mol. The quantitative estimate of drug-likeness (QED) is 0.405. The number of nitrogens with zero attached hydrogens (tertiary/aromatic N) is 2. The van der Waals surface area contributed by atoms with E-state index in [0.717, 1.165) is 48.9 Å². The summed E-state index contributed by atoms with van der Waals surface area (Å²) in [6, 6.07) is 9.48. The molecule has 2 aromatic carbocycles. The van der Waals surface area contributed by atoms with Crippen molar-refractivity contribution in [3.05, 3.63) is 64.9 Å². The Morgan fingerprint density at radius 2 is 1.92 bits per heavy atom. The minimum absolute atomic E-state index is 0.0792. The maximum atomic E-state index is 15.8. The normalized spacial score (nSPS) is 21.5. The van der Waals surface area contributed by atoms with Crippen molar-refractivity contribution in [2.24, 2.45) is 5.92 Å². The van der Waals surface area contributed by atoms with E-state index in [9.17, 15) is 9.90 Å². The Morgan fingerprint density at radius 1 is 1.22 bits per heavy atom. The highest BCUT2D eigenvalue weighted by Gasteiger charge is 2.40. The monoisotopic (exact) mass is 511 g/mol. The number of hydrogen-bond acceptors (Lipinski definition) is 4. The number of aromatic nitrogens is 1. The first-order valence-electron chi connectivity index (χ1n) is 13.2. The van der Waals surface area contributed by atoms with Crippen molar-refractivity contribution in [3.8, 4) is 5.75 Å². The summed E-state index contributed by atoms with van der Waals surface area (Å²) in [6.07, 6.45) is 2.82. The lowest BCUT2D eigenvalue weighted by Crippen LogP contribution is -2.53. The minimum atomic E-state index is -0.938. The first-order chi connectivity index (χ1) is 17.8. The number of para-hydroxylation sites is 1. The molecule has 1 fully saturated rings. The van der Waals surface area contributed by atoms with E-state index in [4.69, 9.17) is 4.74 Å². The first-order valence-corrected chi connectivity index (χ1v) is 13.2. The van der Waals surface area contributed by atoms with Gasteiger partial charge in [0.25, 0.3) is 0 Å². The molecule has 3 heterocycles. The van der Waals surface area contributed by atoms with Crippen LogP contribution in [0.15, 0.2) is 36.4 Å². The van der Waals surface area contributed by atoms with Gasteiger partial charge < -0.3 is 14.8 Å². The summed E-state index contributed by atoms with van der Waals surface area (Å²) in [5.41, 5.74) is 2.56. The summed E-state index contributed by atoms with van der Waals surface area (Å²) >= 11 is 0. The summed E-state index contributed by atoms with van der Waals surface area (Å²) in [5, 5.41) is 10.6. The molecule has 3 aromatic rings. The minimum Gasteiger partial charge on any atom is -0.488 e. The van der Waals surface area contributed by atoms with Crippen LogP contribution in [0.2, 0.25) is 0 Å². The Hall–Kier alpha value is -2.97. The highest BCUT2D eigenvalue weighted by atomic mass is 19.1. The third kappa shape index (κ3) is 4.97. The number of aliphatic carboxylic acids is 1. The number of carbonyl (C=O) groups is 1. The first kappa shape index (κ1) is 25.7. The molecule has 0 amide bonds. The number of nitrogens with one attached hydrogen (secondary N) is 1. The van der Waals surface area contributed by atoms with Crippen LogP contribution in [0.4, 0.5) is 8.78 Å². The third-order valence-electron chi connectivity index (χ3n) is 7.80. The van der Waals surface area contributed by atoms with Gasteiger partial charge in [0.2, 0.25) is 0 Å². The number of carboxylic acid groups (broad SMARTS) is 1. The van der Waals surface area contributed by atoms with Gasteiger partial charge >= 0.3 is 5.97 Å². The Kier molecular flexibility index (Phi) is 7.23. The lowest BCUT2D eigenvalue weighted by atomic mass is 9.87. The number of benzene rings is 2. The van der Waals surface area contributed by atoms with Gasteiger partial charge in [-0.25, -0.2) is 8.78 Å². The number of aromatic amines is 1. The van der Waals surface area contributed by atoms with Crippen molar-refractivity contribution in [2.75, 3.05) is 26.2 Å². The molecule has 198 valence electrons. The van der Waals surface area contributed by atoms with Gasteiger partial charge in [-0.2, -0.15) is 0 Å². The van der Waals surface area contributed by atoms with Gasteiger partial charge in [0.15, 0.2) is 0 Å². The molecule has 1 aromatic heterocycles. The lowest BCUT2D eigenvalue weighted by Gasteiger charge is -2.42.